The van der Waals surface area contributed by atoms with Crippen molar-refractivity contribution < 1.29 is 9.13 Å². The highest BCUT2D eigenvalue weighted by atomic mass is 19.1. The number of hydrogen-bond acceptors (Lipinski definition) is 1. The average molecular weight is 284 g/mol. The maximum Gasteiger partial charge on any atom is 0.131 e. The number of ether oxygens (including phenoxy) is 1. The molecular formula is C19H21FO. The molecule has 0 radical (unpaired) electrons. The largest absolute Gasteiger partial charge is 0.457 e. The molecule has 1 aliphatic rings. The summed E-state index contributed by atoms with van der Waals surface area (Å²) in [7, 11) is 0. The number of benzene rings is 2. The SMILES string of the molecule is CC(C)c1ccc2c(c1)C(C)(C)Cc1cc(F)ccc1O2. The fourth-order valence-corrected chi connectivity index (χ4v) is 3.00. The average Bonchev–Trinajstić information content (AvgIpc) is 2.51. The zero-order valence-corrected chi connectivity index (χ0v) is 13.0. The van der Waals surface area contributed by atoms with Crippen molar-refractivity contribution in [1.82, 2.24) is 0 Å². The molecule has 1 aliphatic heterocycles. The Morgan fingerprint density at radius 1 is 1.05 bits per heavy atom. The Morgan fingerprint density at radius 2 is 1.76 bits per heavy atom. The molecule has 0 bridgehead atoms. The fourth-order valence-electron chi connectivity index (χ4n) is 3.00. The van der Waals surface area contributed by atoms with Crippen LogP contribution in [0.15, 0.2) is 36.4 Å². The van der Waals surface area contributed by atoms with E-state index in [1.54, 1.807) is 12.1 Å². The highest BCUT2D eigenvalue weighted by Gasteiger charge is 2.30. The Morgan fingerprint density at radius 3 is 2.48 bits per heavy atom. The van der Waals surface area contributed by atoms with Crippen molar-refractivity contribution in [3.63, 3.8) is 0 Å². The van der Waals surface area contributed by atoms with E-state index in [-0.39, 0.29) is 11.2 Å². The van der Waals surface area contributed by atoms with E-state index < -0.39 is 0 Å². The topological polar surface area (TPSA) is 9.23 Å². The van der Waals surface area contributed by atoms with Crippen LogP contribution in [0.3, 0.4) is 0 Å². The van der Waals surface area contributed by atoms with Gasteiger partial charge in [0, 0.05) is 5.56 Å². The molecule has 21 heavy (non-hydrogen) atoms. The van der Waals surface area contributed by atoms with Crippen molar-refractivity contribution >= 4 is 0 Å². The second kappa shape index (κ2) is 4.87. The van der Waals surface area contributed by atoms with Crippen molar-refractivity contribution in [2.24, 2.45) is 0 Å². The van der Waals surface area contributed by atoms with Gasteiger partial charge < -0.3 is 4.74 Å². The van der Waals surface area contributed by atoms with E-state index in [9.17, 15) is 4.39 Å². The van der Waals surface area contributed by atoms with Crippen LogP contribution >= 0.6 is 0 Å². The van der Waals surface area contributed by atoms with Crippen molar-refractivity contribution in [1.29, 1.82) is 0 Å². The molecule has 0 saturated carbocycles. The first-order valence-electron chi connectivity index (χ1n) is 7.47. The molecule has 0 unspecified atom stereocenters. The molecule has 0 amide bonds. The van der Waals surface area contributed by atoms with E-state index in [0.29, 0.717) is 5.92 Å². The molecule has 0 fully saturated rings. The first-order chi connectivity index (χ1) is 9.87. The minimum atomic E-state index is -0.207. The van der Waals surface area contributed by atoms with Crippen molar-refractivity contribution in [3.05, 3.63) is 58.9 Å². The Kier molecular flexibility index (Phi) is 3.27. The maximum atomic E-state index is 13.5. The van der Waals surface area contributed by atoms with Gasteiger partial charge in [0.1, 0.15) is 17.3 Å². The van der Waals surface area contributed by atoms with Gasteiger partial charge in [-0.3, -0.25) is 0 Å². The van der Waals surface area contributed by atoms with E-state index in [1.807, 2.05) is 6.07 Å². The van der Waals surface area contributed by atoms with Gasteiger partial charge in [-0.15, -0.1) is 0 Å². The van der Waals surface area contributed by atoms with Crippen LogP contribution in [0, 0.1) is 5.82 Å². The molecule has 0 N–H and O–H groups in total. The lowest BCUT2D eigenvalue weighted by Crippen LogP contribution is -2.20. The summed E-state index contributed by atoms with van der Waals surface area (Å²) in [6.45, 7) is 8.77. The summed E-state index contributed by atoms with van der Waals surface area (Å²) < 4.78 is 19.6. The maximum absolute atomic E-state index is 13.5. The van der Waals surface area contributed by atoms with E-state index in [1.165, 1.54) is 17.2 Å². The second-order valence-electron chi connectivity index (χ2n) is 6.83. The molecule has 0 saturated heterocycles. The molecule has 110 valence electrons. The van der Waals surface area contributed by atoms with Gasteiger partial charge >= 0.3 is 0 Å². The third-order valence-corrected chi connectivity index (χ3v) is 4.27. The van der Waals surface area contributed by atoms with Gasteiger partial charge in [-0.2, -0.15) is 0 Å². The molecule has 1 heterocycles. The predicted molar refractivity (Wildman–Crippen MR) is 83.7 cm³/mol. The lowest BCUT2D eigenvalue weighted by Gasteiger charge is -2.25. The van der Waals surface area contributed by atoms with Gasteiger partial charge in [0.2, 0.25) is 0 Å². The summed E-state index contributed by atoms with van der Waals surface area (Å²) in [6.07, 6.45) is 0.772. The molecular weight excluding hydrogens is 263 g/mol. The van der Waals surface area contributed by atoms with Crippen molar-refractivity contribution in [3.8, 4) is 11.5 Å². The lowest BCUT2D eigenvalue weighted by atomic mass is 9.78. The van der Waals surface area contributed by atoms with Crippen LogP contribution in [-0.4, -0.2) is 0 Å². The summed E-state index contributed by atoms with van der Waals surface area (Å²) >= 11 is 0. The number of hydrogen-bond donors (Lipinski definition) is 0. The molecule has 0 aliphatic carbocycles. The zero-order chi connectivity index (χ0) is 15.2. The van der Waals surface area contributed by atoms with Gasteiger partial charge in [-0.1, -0.05) is 39.8 Å². The summed E-state index contributed by atoms with van der Waals surface area (Å²) in [5.41, 5.74) is 3.36. The van der Waals surface area contributed by atoms with Crippen LogP contribution in [0.4, 0.5) is 4.39 Å². The van der Waals surface area contributed by atoms with Gasteiger partial charge in [0.25, 0.3) is 0 Å². The molecule has 0 aromatic heterocycles. The van der Waals surface area contributed by atoms with Crippen molar-refractivity contribution in [2.75, 3.05) is 0 Å². The third kappa shape index (κ3) is 2.55. The van der Waals surface area contributed by atoms with E-state index in [4.69, 9.17) is 4.74 Å². The Balaban J connectivity index is 2.15. The Labute approximate surface area is 125 Å². The minimum Gasteiger partial charge on any atom is -0.457 e. The highest BCUT2D eigenvalue weighted by Crippen LogP contribution is 2.43. The summed E-state index contributed by atoms with van der Waals surface area (Å²) in [5.74, 6) is 1.92. The highest BCUT2D eigenvalue weighted by molar-refractivity contribution is 5.50. The molecule has 2 heteroatoms. The third-order valence-electron chi connectivity index (χ3n) is 4.27. The Bertz CT molecular complexity index is 686. The quantitative estimate of drug-likeness (QED) is 0.664. The first kappa shape index (κ1) is 14.1. The summed E-state index contributed by atoms with van der Waals surface area (Å²) in [5, 5.41) is 0. The number of fused-ring (bicyclic) bond motifs is 2. The molecule has 0 spiro atoms. The molecule has 2 aromatic rings. The normalized spacial score (nSPS) is 15.9. The van der Waals surface area contributed by atoms with Crippen LogP contribution in [0.5, 0.6) is 11.5 Å². The van der Waals surface area contributed by atoms with Crippen LogP contribution in [-0.2, 0) is 11.8 Å². The smallest absolute Gasteiger partial charge is 0.131 e. The summed E-state index contributed by atoms with van der Waals surface area (Å²) in [4.78, 5) is 0. The summed E-state index contributed by atoms with van der Waals surface area (Å²) in [6, 6.07) is 11.2. The van der Waals surface area contributed by atoms with Gasteiger partial charge in [-0.05, 0) is 53.1 Å². The molecule has 3 rings (SSSR count). The fraction of sp³-hybridized carbons (Fsp3) is 0.368. The Hall–Kier alpha value is -1.83. The minimum absolute atomic E-state index is 0.0841. The zero-order valence-electron chi connectivity index (χ0n) is 13.0. The number of halogens is 1. The van der Waals surface area contributed by atoms with Gasteiger partial charge in [0.15, 0.2) is 0 Å². The van der Waals surface area contributed by atoms with Crippen LogP contribution in [0.1, 0.15) is 50.3 Å². The molecule has 2 aromatic carbocycles. The molecule has 1 nitrogen and oxygen atoms in total. The van der Waals surface area contributed by atoms with Gasteiger partial charge in [-0.25, -0.2) is 4.39 Å². The van der Waals surface area contributed by atoms with Crippen molar-refractivity contribution in [2.45, 2.75) is 45.4 Å². The monoisotopic (exact) mass is 284 g/mol. The van der Waals surface area contributed by atoms with E-state index in [2.05, 4.69) is 39.8 Å². The lowest BCUT2D eigenvalue weighted by molar-refractivity contribution is 0.469. The second-order valence-corrected chi connectivity index (χ2v) is 6.83. The van der Waals surface area contributed by atoms with Crippen LogP contribution in [0.25, 0.3) is 0 Å². The van der Waals surface area contributed by atoms with E-state index >= 15 is 0 Å². The predicted octanol–water partition coefficient (Wildman–Crippen LogP) is 5.58. The number of rotatable bonds is 1. The standard InChI is InChI=1S/C19H21FO/c1-12(2)13-5-7-18-16(10-13)19(3,4)11-14-9-15(20)6-8-17(14)21-18/h5-10,12H,11H2,1-4H3. The first-order valence-corrected chi connectivity index (χ1v) is 7.47. The van der Waals surface area contributed by atoms with Crippen LogP contribution in [0.2, 0.25) is 0 Å². The van der Waals surface area contributed by atoms with E-state index in [0.717, 1.165) is 23.5 Å². The van der Waals surface area contributed by atoms with Crippen LogP contribution < -0.4 is 4.74 Å². The van der Waals surface area contributed by atoms with Gasteiger partial charge in [0.05, 0.1) is 0 Å². The molecule has 0 atom stereocenters.